The van der Waals surface area contributed by atoms with Crippen LogP contribution in [-0.2, 0) is 26.2 Å². The van der Waals surface area contributed by atoms with E-state index in [1.807, 2.05) is 13.8 Å². The van der Waals surface area contributed by atoms with Gasteiger partial charge in [-0.3, -0.25) is 13.9 Å². The Morgan fingerprint density at radius 3 is 2.21 bits per heavy atom. The molecule has 0 unspecified atom stereocenters. The summed E-state index contributed by atoms with van der Waals surface area (Å²) in [6.07, 6.45) is 0.291. The molecule has 0 bridgehead atoms. The van der Waals surface area contributed by atoms with E-state index < -0.39 is 28.5 Å². The highest BCUT2D eigenvalue weighted by Crippen LogP contribution is 2.29. The van der Waals surface area contributed by atoms with Crippen LogP contribution in [0.25, 0.3) is 0 Å². The molecule has 42 heavy (non-hydrogen) atoms. The maximum Gasteiger partial charge on any atom is 0.264 e. The van der Waals surface area contributed by atoms with Gasteiger partial charge in [0, 0.05) is 18.1 Å². The highest BCUT2D eigenvalue weighted by Gasteiger charge is 2.34. The van der Waals surface area contributed by atoms with E-state index in [2.05, 4.69) is 5.32 Å². The largest absolute Gasteiger partial charge is 0.497 e. The molecule has 8 nitrogen and oxygen atoms in total. The Morgan fingerprint density at radius 1 is 0.952 bits per heavy atom. The monoisotopic (exact) mass is 653 g/mol. The molecule has 3 rings (SSSR count). The van der Waals surface area contributed by atoms with Crippen molar-refractivity contribution in [1.82, 2.24) is 10.2 Å². The van der Waals surface area contributed by atoms with Gasteiger partial charge in [0.15, 0.2) is 0 Å². The van der Waals surface area contributed by atoms with Gasteiger partial charge in [0.1, 0.15) is 18.3 Å². The van der Waals surface area contributed by atoms with Crippen LogP contribution < -0.4 is 14.4 Å². The van der Waals surface area contributed by atoms with Gasteiger partial charge in [0.2, 0.25) is 11.8 Å². The molecule has 2 amide bonds. The molecule has 0 aliphatic heterocycles. The first-order chi connectivity index (χ1) is 19.9. The highest BCUT2D eigenvalue weighted by atomic mass is 35.5. The summed E-state index contributed by atoms with van der Waals surface area (Å²) in [4.78, 5) is 28.7. The summed E-state index contributed by atoms with van der Waals surface area (Å²) in [5.41, 5.74) is 0.818. The van der Waals surface area contributed by atoms with Crippen LogP contribution in [0.4, 0.5) is 5.69 Å². The van der Waals surface area contributed by atoms with Crippen LogP contribution in [-0.4, -0.2) is 51.4 Å². The molecular formula is C30H34Cl3N3O5S. The smallest absolute Gasteiger partial charge is 0.264 e. The van der Waals surface area contributed by atoms with Crippen LogP contribution in [0, 0.1) is 5.92 Å². The van der Waals surface area contributed by atoms with Crippen molar-refractivity contribution < 1.29 is 22.7 Å². The lowest BCUT2D eigenvalue weighted by atomic mass is 10.1. The van der Waals surface area contributed by atoms with E-state index in [-0.39, 0.29) is 29.0 Å². The molecule has 0 saturated heterocycles. The van der Waals surface area contributed by atoms with Gasteiger partial charge in [0.25, 0.3) is 10.0 Å². The molecule has 0 aliphatic rings. The third-order valence-corrected chi connectivity index (χ3v) is 9.19. The van der Waals surface area contributed by atoms with Crippen molar-refractivity contribution >= 4 is 62.3 Å². The van der Waals surface area contributed by atoms with Gasteiger partial charge in [-0.1, -0.05) is 67.7 Å². The number of nitrogens with zero attached hydrogens (tertiary/aromatic N) is 2. The number of amides is 2. The Kier molecular flexibility index (Phi) is 11.9. The second-order valence-corrected chi connectivity index (χ2v) is 13.1. The summed E-state index contributed by atoms with van der Waals surface area (Å²) in [5, 5.41) is 3.82. The average Bonchev–Trinajstić information content (AvgIpc) is 2.96. The molecule has 12 heteroatoms. The third-order valence-electron chi connectivity index (χ3n) is 6.43. The molecule has 0 fully saturated rings. The number of sulfonamides is 1. The fourth-order valence-corrected chi connectivity index (χ4v) is 6.12. The number of carbonyl (C=O) groups excluding carboxylic acids is 2. The number of anilines is 1. The molecule has 0 radical (unpaired) electrons. The molecule has 226 valence electrons. The maximum absolute atomic E-state index is 14.1. The second-order valence-electron chi connectivity index (χ2n) is 10.0. The third kappa shape index (κ3) is 8.53. The van der Waals surface area contributed by atoms with Gasteiger partial charge in [-0.2, -0.15) is 0 Å². The number of nitrogens with one attached hydrogen (secondary N) is 1. The Balaban J connectivity index is 2.06. The first kappa shape index (κ1) is 33.5. The van der Waals surface area contributed by atoms with E-state index in [0.29, 0.717) is 39.3 Å². The number of hydrogen-bond donors (Lipinski definition) is 1. The normalized spacial score (nSPS) is 12.1. The van der Waals surface area contributed by atoms with Crippen molar-refractivity contribution in [2.45, 2.75) is 44.7 Å². The maximum atomic E-state index is 14.1. The molecule has 1 atom stereocenters. The zero-order chi connectivity index (χ0) is 31.0. The van der Waals surface area contributed by atoms with Crippen molar-refractivity contribution in [3.63, 3.8) is 0 Å². The average molecular weight is 655 g/mol. The van der Waals surface area contributed by atoms with Crippen molar-refractivity contribution in [1.29, 1.82) is 0 Å². The van der Waals surface area contributed by atoms with Crippen LogP contribution in [0.5, 0.6) is 5.75 Å². The SMILES string of the molecule is CC[C@@H](C(=O)NCC(C)C)N(Cc1ccc(Cl)c(Cl)c1)C(=O)CN(c1cccc(Cl)c1)S(=O)(=O)c1ccc(OC)cc1. The minimum absolute atomic E-state index is 0.00467. The molecule has 0 heterocycles. The summed E-state index contributed by atoms with van der Waals surface area (Å²) >= 11 is 18.6. The summed E-state index contributed by atoms with van der Waals surface area (Å²) in [5.74, 6) is -0.263. The molecule has 0 aliphatic carbocycles. The summed E-state index contributed by atoms with van der Waals surface area (Å²) in [6.45, 7) is 5.54. The van der Waals surface area contributed by atoms with E-state index in [1.165, 1.54) is 42.3 Å². The summed E-state index contributed by atoms with van der Waals surface area (Å²) < 4.78 is 34.1. The van der Waals surface area contributed by atoms with Gasteiger partial charge in [-0.15, -0.1) is 0 Å². The number of ether oxygens (including phenoxy) is 1. The van der Waals surface area contributed by atoms with E-state index in [1.54, 1.807) is 43.3 Å². The van der Waals surface area contributed by atoms with Gasteiger partial charge in [0.05, 0.1) is 27.7 Å². The lowest BCUT2D eigenvalue weighted by molar-refractivity contribution is -0.140. The van der Waals surface area contributed by atoms with Crippen molar-refractivity contribution in [2.75, 3.05) is 24.5 Å². The zero-order valence-corrected chi connectivity index (χ0v) is 26.9. The lowest BCUT2D eigenvalue weighted by Crippen LogP contribution is -2.52. The van der Waals surface area contributed by atoms with Crippen LogP contribution in [0.3, 0.4) is 0 Å². The Bertz CT molecular complexity index is 1500. The quantitative estimate of drug-likeness (QED) is 0.229. The van der Waals surface area contributed by atoms with Crippen LogP contribution in [0.2, 0.25) is 15.1 Å². The second kappa shape index (κ2) is 15.0. The summed E-state index contributed by atoms with van der Waals surface area (Å²) in [6, 6.07) is 16.1. The lowest BCUT2D eigenvalue weighted by Gasteiger charge is -2.33. The fourth-order valence-electron chi connectivity index (χ4n) is 4.21. The van der Waals surface area contributed by atoms with Crippen LogP contribution in [0.15, 0.2) is 71.6 Å². The predicted molar refractivity (Wildman–Crippen MR) is 168 cm³/mol. The molecule has 3 aromatic rings. The number of halogens is 3. The van der Waals surface area contributed by atoms with Gasteiger partial charge in [-0.05, 0) is 72.5 Å². The molecule has 0 spiro atoms. The number of rotatable bonds is 13. The van der Waals surface area contributed by atoms with Crippen molar-refractivity contribution in [2.24, 2.45) is 5.92 Å². The van der Waals surface area contributed by atoms with Crippen molar-refractivity contribution in [3.05, 3.63) is 87.4 Å². The molecule has 3 aromatic carbocycles. The number of hydrogen-bond acceptors (Lipinski definition) is 5. The summed E-state index contributed by atoms with van der Waals surface area (Å²) in [7, 11) is -2.77. The number of benzene rings is 3. The fraction of sp³-hybridized carbons (Fsp3) is 0.333. The van der Waals surface area contributed by atoms with E-state index in [9.17, 15) is 18.0 Å². The van der Waals surface area contributed by atoms with E-state index in [0.717, 1.165) is 4.31 Å². The van der Waals surface area contributed by atoms with Gasteiger partial charge >= 0.3 is 0 Å². The molecule has 0 saturated carbocycles. The van der Waals surface area contributed by atoms with Crippen LogP contribution in [0.1, 0.15) is 32.8 Å². The Morgan fingerprint density at radius 2 is 1.64 bits per heavy atom. The van der Waals surface area contributed by atoms with E-state index >= 15 is 0 Å². The molecule has 1 N–H and O–H groups in total. The highest BCUT2D eigenvalue weighted by molar-refractivity contribution is 7.92. The minimum atomic E-state index is -4.25. The molecule has 0 aromatic heterocycles. The van der Waals surface area contributed by atoms with E-state index in [4.69, 9.17) is 39.5 Å². The Labute approximate surface area is 262 Å². The predicted octanol–water partition coefficient (Wildman–Crippen LogP) is 6.43. The first-order valence-electron chi connectivity index (χ1n) is 13.3. The number of carbonyl (C=O) groups is 2. The Hall–Kier alpha value is -2.98. The van der Waals surface area contributed by atoms with Crippen molar-refractivity contribution in [3.8, 4) is 5.75 Å². The topological polar surface area (TPSA) is 96.0 Å². The number of methoxy groups -OCH3 is 1. The first-order valence-corrected chi connectivity index (χ1v) is 15.9. The standard InChI is InChI=1S/C30H34Cl3N3O5S/c1-5-28(30(38)34-17-20(2)3)35(18-21-9-14-26(32)27(33)15-21)29(37)19-36(23-8-6-7-22(31)16-23)42(39,40)25-12-10-24(41-4)11-13-25/h6-16,20,28H,5,17-19H2,1-4H3,(H,34,38)/t28-/m0/s1. The molecular weight excluding hydrogens is 621 g/mol. The van der Waals surface area contributed by atoms with Crippen LogP contribution >= 0.6 is 34.8 Å². The van der Waals surface area contributed by atoms with Gasteiger partial charge < -0.3 is 15.0 Å². The van der Waals surface area contributed by atoms with Gasteiger partial charge in [-0.25, -0.2) is 8.42 Å². The minimum Gasteiger partial charge on any atom is -0.497 e. The zero-order valence-electron chi connectivity index (χ0n) is 23.8.